The summed E-state index contributed by atoms with van der Waals surface area (Å²) < 4.78 is 1.01. The third kappa shape index (κ3) is 2.89. The van der Waals surface area contributed by atoms with Crippen LogP contribution in [0.3, 0.4) is 0 Å². The molecule has 1 nitrogen and oxygen atoms in total. The molecule has 0 heterocycles. The average Bonchev–Trinajstić information content (AvgIpc) is 2.32. The molecule has 1 N–H and O–H groups in total. The van der Waals surface area contributed by atoms with Gasteiger partial charge < -0.3 is 5.11 Å². The second-order valence-electron chi connectivity index (χ2n) is 4.08. The highest BCUT2D eigenvalue weighted by molar-refractivity contribution is 9.10. The van der Waals surface area contributed by atoms with E-state index < -0.39 is 6.10 Å². The van der Waals surface area contributed by atoms with Crippen LogP contribution in [0.2, 0.25) is 10.0 Å². The summed E-state index contributed by atoms with van der Waals surface area (Å²) in [5.74, 6) is 0. The Bertz CT molecular complexity index is 584. The van der Waals surface area contributed by atoms with E-state index in [1.54, 1.807) is 18.2 Å². The van der Waals surface area contributed by atoms with Gasteiger partial charge in [0.25, 0.3) is 0 Å². The molecule has 1 unspecified atom stereocenters. The maximum absolute atomic E-state index is 10.3. The van der Waals surface area contributed by atoms with Crippen molar-refractivity contribution in [1.29, 1.82) is 0 Å². The Morgan fingerprint density at radius 2 is 1.83 bits per heavy atom. The van der Waals surface area contributed by atoms with Crippen LogP contribution in [-0.4, -0.2) is 5.11 Å². The van der Waals surface area contributed by atoms with Gasteiger partial charge in [0, 0.05) is 20.1 Å². The summed E-state index contributed by atoms with van der Waals surface area (Å²) in [6.45, 7) is 1.98. The van der Waals surface area contributed by atoms with Crippen LogP contribution in [0.4, 0.5) is 0 Å². The van der Waals surface area contributed by atoms with Crippen molar-refractivity contribution in [2.24, 2.45) is 0 Å². The Morgan fingerprint density at radius 1 is 1.11 bits per heavy atom. The number of aliphatic hydroxyl groups excluding tert-OH is 1. The normalized spacial score (nSPS) is 12.5. The van der Waals surface area contributed by atoms with E-state index in [0.717, 1.165) is 15.6 Å². The molecule has 2 rings (SSSR count). The van der Waals surface area contributed by atoms with E-state index in [0.29, 0.717) is 15.6 Å². The molecule has 1 atom stereocenters. The van der Waals surface area contributed by atoms with Gasteiger partial charge in [0.05, 0.1) is 0 Å². The molecule has 0 aliphatic heterocycles. The lowest BCUT2D eigenvalue weighted by molar-refractivity contribution is 0.220. The van der Waals surface area contributed by atoms with Crippen LogP contribution < -0.4 is 0 Å². The number of halogens is 3. The van der Waals surface area contributed by atoms with Gasteiger partial charge in [-0.05, 0) is 36.2 Å². The number of aliphatic hydroxyl groups is 1. The summed E-state index contributed by atoms with van der Waals surface area (Å²) in [6.07, 6.45) is -0.749. The number of hydrogen-bond donors (Lipinski definition) is 1. The molecule has 0 amide bonds. The molecule has 4 heteroatoms. The SMILES string of the molecule is Cc1cc(C(O)c2ccc(Cl)cc2Cl)ccc1Br. The van der Waals surface area contributed by atoms with E-state index in [1.807, 2.05) is 25.1 Å². The van der Waals surface area contributed by atoms with E-state index in [-0.39, 0.29) is 0 Å². The fourth-order valence-electron chi connectivity index (χ4n) is 1.74. The Kier molecular flexibility index (Phi) is 4.33. The van der Waals surface area contributed by atoms with E-state index in [1.165, 1.54) is 0 Å². The van der Waals surface area contributed by atoms with Crippen LogP contribution in [0.5, 0.6) is 0 Å². The molecular formula is C14H11BrCl2O. The summed E-state index contributed by atoms with van der Waals surface area (Å²) >= 11 is 15.4. The molecule has 0 aromatic heterocycles. The topological polar surface area (TPSA) is 20.2 Å². The van der Waals surface area contributed by atoms with Crippen molar-refractivity contribution in [1.82, 2.24) is 0 Å². The number of hydrogen-bond acceptors (Lipinski definition) is 1. The van der Waals surface area contributed by atoms with E-state index in [9.17, 15) is 5.11 Å². The highest BCUT2D eigenvalue weighted by Crippen LogP contribution is 2.31. The Hall–Kier alpha value is -0.540. The molecule has 2 aromatic carbocycles. The van der Waals surface area contributed by atoms with Crippen molar-refractivity contribution < 1.29 is 5.11 Å². The van der Waals surface area contributed by atoms with Gasteiger partial charge in [-0.25, -0.2) is 0 Å². The predicted molar refractivity (Wildman–Crippen MR) is 79.4 cm³/mol. The first-order chi connectivity index (χ1) is 8.49. The third-order valence-corrected chi connectivity index (χ3v) is 4.21. The molecule has 18 heavy (non-hydrogen) atoms. The zero-order valence-corrected chi connectivity index (χ0v) is 12.7. The van der Waals surface area contributed by atoms with Crippen LogP contribution in [0.15, 0.2) is 40.9 Å². The lowest BCUT2D eigenvalue weighted by Crippen LogP contribution is -2.01. The Morgan fingerprint density at radius 3 is 2.44 bits per heavy atom. The monoisotopic (exact) mass is 344 g/mol. The fraction of sp³-hybridized carbons (Fsp3) is 0.143. The molecule has 0 radical (unpaired) electrons. The van der Waals surface area contributed by atoms with Gasteiger partial charge in [0.15, 0.2) is 0 Å². The van der Waals surface area contributed by atoms with E-state index in [4.69, 9.17) is 23.2 Å². The minimum atomic E-state index is -0.749. The number of rotatable bonds is 2. The first kappa shape index (κ1) is 13.9. The highest BCUT2D eigenvalue weighted by Gasteiger charge is 2.14. The summed E-state index contributed by atoms with van der Waals surface area (Å²) in [5, 5.41) is 11.4. The minimum Gasteiger partial charge on any atom is -0.384 e. The zero-order chi connectivity index (χ0) is 13.3. The molecule has 94 valence electrons. The van der Waals surface area contributed by atoms with E-state index in [2.05, 4.69) is 15.9 Å². The highest BCUT2D eigenvalue weighted by atomic mass is 79.9. The first-order valence-electron chi connectivity index (χ1n) is 5.38. The van der Waals surface area contributed by atoms with Crippen LogP contribution >= 0.6 is 39.1 Å². The molecular weight excluding hydrogens is 335 g/mol. The quantitative estimate of drug-likeness (QED) is 0.798. The smallest absolute Gasteiger partial charge is 0.105 e. The number of aryl methyl sites for hydroxylation is 1. The summed E-state index contributed by atoms with van der Waals surface area (Å²) in [4.78, 5) is 0. The van der Waals surface area contributed by atoms with Crippen molar-refractivity contribution in [3.63, 3.8) is 0 Å². The fourth-order valence-corrected chi connectivity index (χ4v) is 2.50. The predicted octanol–water partition coefficient (Wildman–Crippen LogP) is 5.15. The lowest BCUT2D eigenvalue weighted by atomic mass is 10.00. The van der Waals surface area contributed by atoms with Crippen LogP contribution in [-0.2, 0) is 0 Å². The second-order valence-corrected chi connectivity index (χ2v) is 5.77. The van der Waals surface area contributed by atoms with Crippen LogP contribution in [0.1, 0.15) is 22.8 Å². The van der Waals surface area contributed by atoms with Crippen LogP contribution in [0, 0.1) is 6.92 Å². The average molecular weight is 346 g/mol. The van der Waals surface area contributed by atoms with Gasteiger partial charge in [-0.1, -0.05) is 57.3 Å². The van der Waals surface area contributed by atoms with Crippen molar-refractivity contribution in [3.8, 4) is 0 Å². The maximum atomic E-state index is 10.3. The van der Waals surface area contributed by atoms with Gasteiger partial charge in [-0.15, -0.1) is 0 Å². The minimum absolute atomic E-state index is 0.468. The molecule has 2 aromatic rings. The van der Waals surface area contributed by atoms with Crippen molar-refractivity contribution in [2.45, 2.75) is 13.0 Å². The van der Waals surface area contributed by atoms with Gasteiger partial charge in [0.1, 0.15) is 6.10 Å². The molecule has 0 aliphatic rings. The van der Waals surface area contributed by atoms with Crippen molar-refractivity contribution >= 4 is 39.1 Å². The van der Waals surface area contributed by atoms with Gasteiger partial charge in [-0.3, -0.25) is 0 Å². The molecule has 0 spiro atoms. The van der Waals surface area contributed by atoms with E-state index >= 15 is 0 Å². The lowest BCUT2D eigenvalue weighted by Gasteiger charge is -2.14. The third-order valence-electron chi connectivity index (χ3n) is 2.75. The molecule has 0 saturated heterocycles. The molecule has 0 fully saturated rings. The van der Waals surface area contributed by atoms with Gasteiger partial charge >= 0.3 is 0 Å². The van der Waals surface area contributed by atoms with Crippen molar-refractivity contribution in [3.05, 3.63) is 67.6 Å². The standard InChI is InChI=1S/C14H11BrCl2O/c1-8-6-9(2-5-12(8)15)14(18)11-4-3-10(16)7-13(11)17/h2-7,14,18H,1H3. The second kappa shape index (κ2) is 5.62. The van der Waals surface area contributed by atoms with Crippen LogP contribution in [0.25, 0.3) is 0 Å². The first-order valence-corrected chi connectivity index (χ1v) is 6.93. The number of benzene rings is 2. The zero-order valence-electron chi connectivity index (χ0n) is 9.62. The molecule has 0 bridgehead atoms. The van der Waals surface area contributed by atoms with Gasteiger partial charge in [-0.2, -0.15) is 0 Å². The Labute approximate surface area is 124 Å². The van der Waals surface area contributed by atoms with Crippen molar-refractivity contribution in [2.75, 3.05) is 0 Å². The van der Waals surface area contributed by atoms with Gasteiger partial charge in [0.2, 0.25) is 0 Å². The summed E-state index contributed by atoms with van der Waals surface area (Å²) in [7, 11) is 0. The summed E-state index contributed by atoms with van der Waals surface area (Å²) in [6, 6.07) is 10.8. The largest absolute Gasteiger partial charge is 0.384 e. The Balaban J connectivity index is 2.41. The maximum Gasteiger partial charge on any atom is 0.105 e. The molecule has 0 saturated carbocycles. The molecule has 0 aliphatic carbocycles. The summed E-state index contributed by atoms with van der Waals surface area (Å²) in [5.41, 5.74) is 2.53.